The van der Waals surface area contributed by atoms with Crippen LogP contribution in [0.4, 0.5) is 11.4 Å². The number of nitro groups is 1. The highest BCUT2D eigenvalue weighted by atomic mass is 16.6. The molecule has 3 aromatic rings. The van der Waals surface area contributed by atoms with E-state index in [0.29, 0.717) is 17.0 Å². The molecule has 0 bridgehead atoms. The molecule has 0 aliphatic heterocycles. The van der Waals surface area contributed by atoms with Crippen molar-refractivity contribution in [3.8, 4) is 23.0 Å². The zero-order valence-electron chi connectivity index (χ0n) is 26.6. The maximum absolute atomic E-state index is 14.7. The average molecular weight is 620 g/mol. The van der Waals surface area contributed by atoms with Crippen molar-refractivity contribution < 1.29 is 33.5 Å². The molecule has 0 spiro atoms. The van der Waals surface area contributed by atoms with Gasteiger partial charge < -0.3 is 24.3 Å². The zero-order chi connectivity index (χ0) is 32.7. The molecule has 1 aliphatic carbocycles. The van der Waals surface area contributed by atoms with Gasteiger partial charge in [-0.3, -0.25) is 24.6 Å². The molecule has 1 fully saturated rings. The van der Waals surface area contributed by atoms with Crippen molar-refractivity contribution in [2.24, 2.45) is 0 Å². The minimum Gasteiger partial charge on any atom is -0.497 e. The van der Waals surface area contributed by atoms with E-state index in [0.717, 1.165) is 37.7 Å². The first-order valence-corrected chi connectivity index (χ1v) is 15.0. The second-order valence-corrected chi connectivity index (χ2v) is 11.3. The summed E-state index contributed by atoms with van der Waals surface area (Å²) >= 11 is 0. The number of amides is 2. The number of anilines is 1. The SMILES string of the molecule is COc1ccc([N+](=O)[O-])c(C(=O)N(c2ccc(C(C)C)cc2)C(C(=O)NC2CCCCC2)c2cc(OC)c(OC)c(OC)c2)c1. The van der Waals surface area contributed by atoms with Gasteiger partial charge in [-0.05, 0) is 66.3 Å². The number of nitro benzene ring substituents is 1. The molecule has 1 unspecified atom stereocenters. The fraction of sp³-hybridized carbons (Fsp3) is 0.412. The van der Waals surface area contributed by atoms with Gasteiger partial charge in [-0.15, -0.1) is 0 Å². The van der Waals surface area contributed by atoms with Crippen LogP contribution in [0.2, 0.25) is 0 Å². The third-order valence-electron chi connectivity index (χ3n) is 8.15. The highest BCUT2D eigenvalue weighted by molar-refractivity contribution is 6.12. The molecule has 11 nitrogen and oxygen atoms in total. The first-order chi connectivity index (χ1) is 21.6. The molecule has 0 saturated heterocycles. The van der Waals surface area contributed by atoms with E-state index < -0.39 is 28.5 Å². The van der Waals surface area contributed by atoms with E-state index in [-0.39, 0.29) is 34.8 Å². The molecule has 0 aromatic heterocycles. The summed E-state index contributed by atoms with van der Waals surface area (Å²) in [6, 6.07) is 13.1. The summed E-state index contributed by atoms with van der Waals surface area (Å²) in [4.78, 5) is 42.0. The van der Waals surface area contributed by atoms with Crippen LogP contribution >= 0.6 is 0 Å². The van der Waals surface area contributed by atoms with E-state index in [1.54, 1.807) is 24.3 Å². The average Bonchev–Trinajstić information content (AvgIpc) is 3.06. The number of benzene rings is 3. The fourth-order valence-corrected chi connectivity index (χ4v) is 5.71. The van der Waals surface area contributed by atoms with Crippen molar-refractivity contribution in [3.05, 3.63) is 81.4 Å². The molecule has 0 heterocycles. The Morgan fingerprint density at radius 2 is 1.47 bits per heavy atom. The molecule has 240 valence electrons. The Labute approximate surface area is 263 Å². The summed E-state index contributed by atoms with van der Waals surface area (Å²) in [6.45, 7) is 4.10. The fourth-order valence-electron chi connectivity index (χ4n) is 5.71. The topological polar surface area (TPSA) is 129 Å². The predicted molar refractivity (Wildman–Crippen MR) is 171 cm³/mol. The van der Waals surface area contributed by atoms with Crippen LogP contribution < -0.4 is 29.2 Å². The Morgan fingerprint density at radius 3 is 1.98 bits per heavy atom. The third kappa shape index (κ3) is 7.30. The molecule has 4 rings (SSSR count). The Morgan fingerprint density at radius 1 is 0.844 bits per heavy atom. The minimum absolute atomic E-state index is 0.0813. The van der Waals surface area contributed by atoms with E-state index in [2.05, 4.69) is 5.32 Å². The van der Waals surface area contributed by atoms with E-state index in [4.69, 9.17) is 18.9 Å². The van der Waals surface area contributed by atoms with Crippen molar-refractivity contribution in [2.75, 3.05) is 33.3 Å². The molecular weight excluding hydrogens is 578 g/mol. The number of nitrogens with one attached hydrogen (secondary N) is 1. The summed E-state index contributed by atoms with van der Waals surface area (Å²) in [5, 5.41) is 15.3. The number of methoxy groups -OCH3 is 4. The smallest absolute Gasteiger partial charge is 0.282 e. The largest absolute Gasteiger partial charge is 0.497 e. The van der Waals surface area contributed by atoms with Crippen LogP contribution in [-0.4, -0.2) is 51.2 Å². The van der Waals surface area contributed by atoms with Gasteiger partial charge in [0.05, 0.1) is 33.4 Å². The van der Waals surface area contributed by atoms with Gasteiger partial charge in [0.1, 0.15) is 17.4 Å². The summed E-state index contributed by atoms with van der Waals surface area (Å²) in [6.07, 6.45) is 4.68. The van der Waals surface area contributed by atoms with Crippen molar-refractivity contribution in [1.29, 1.82) is 0 Å². The normalized spacial score (nSPS) is 13.9. The second kappa shape index (κ2) is 14.8. The van der Waals surface area contributed by atoms with E-state index in [1.165, 1.54) is 51.5 Å². The molecule has 0 radical (unpaired) electrons. The van der Waals surface area contributed by atoms with Crippen molar-refractivity contribution in [2.45, 2.75) is 64.0 Å². The highest BCUT2D eigenvalue weighted by Gasteiger charge is 2.38. The Balaban J connectivity index is 1.99. The van der Waals surface area contributed by atoms with Gasteiger partial charge in [-0.2, -0.15) is 0 Å². The first-order valence-electron chi connectivity index (χ1n) is 15.0. The van der Waals surface area contributed by atoms with E-state index in [1.807, 2.05) is 26.0 Å². The number of hydrogen-bond donors (Lipinski definition) is 1. The lowest BCUT2D eigenvalue weighted by molar-refractivity contribution is -0.385. The quantitative estimate of drug-likeness (QED) is 0.178. The summed E-state index contributed by atoms with van der Waals surface area (Å²) in [7, 11) is 5.81. The summed E-state index contributed by atoms with van der Waals surface area (Å²) in [5.41, 5.74) is 1.12. The van der Waals surface area contributed by atoms with Gasteiger partial charge >= 0.3 is 0 Å². The maximum atomic E-state index is 14.7. The molecule has 3 aromatic carbocycles. The standard InChI is InChI=1S/C34H41N3O8/c1-21(2)22-12-14-25(15-13-22)36(34(39)27-20-26(42-3)16-17-28(27)37(40)41)31(33(38)35-24-10-8-7-9-11-24)23-18-29(43-4)32(45-6)30(19-23)44-5/h12-21,24,31H,7-11H2,1-6H3,(H,35,38). The lowest BCUT2D eigenvalue weighted by atomic mass is 9.94. The number of carbonyl (C=O) groups is 2. The van der Waals surface area contributed by atoms with Crippen molar-refractivity contribution in [1.82, 2.24) is 5.32 Å². The minimum atomic E-state index is -1.27. The monoisotopic (exact) mass is 619 g/mol. The van der Waals surface area contributed by atoms with Crippen molar-refractivity contribution in [3.63, 3.8) is 0 Å². The number of nitrogens with zero attached hydrogens (tertiary/aromatic N) is 2. The van der Waals surface area contributed by atoms with Crippen LogP contribution in [0.15, 0.2) is 54.6 Å². The predicted octanol–water partition coefficient (Wildman–Crippen LogP) is 6.59. The number of hydrogen-bond acceptors (Lipinski definition) is 8. The van der Waals surface area contributed by atoms with E-state index in [9.17, 15) is 19.7 Å². The number of ether oxygens (including phenoxy) is 4. The van der Waals surface area contributed by atoms with Crippen LogP contribution in [0.5, 0.6) is 23.0 Å². The Kier molecular flexibility index (Phi) is 10.9. The third-order valence-corrected chi connectivity index (χ3v) is 8.15. The van der Waals surface area contributed by atoms with E-state index >= 15 is 0 Å². The molecule has 1 saturated carbocycles. The van der Waals surface area contributed by atoms with Gasteiger partial charge in [-0.25, -0.2) is 0 Å². The highest BCUT2D eigenvalue weighted by Crippen LogP contribution is 2.42. The van der Waals surface area contributed by atoms with Crippen LogP contribution in [0, 0.1) is 10.1 Å². The molecule has 11 heteroatoms. The Hall–Kier alpha value is -4.80. The summed E-state index contributed by atoms with van der Waals surface area (Å²) in [5.74, 6) is 0.170. The summed E-state index contributed by atoms with van der Waals surface area (Å²) < 4.78 is 22.1. The van der Waals surface area contributed by atoms with Gasteiger partial charge in [0, 0.05) is 17.8 Å². The van der Waals surface area contributed by atoms with Crippen LogP contribution in [0.3, 0.4) is 0 Å². The molecule has 1 aliphatic rings. The molecule has 2 amide bonds. The van der Waals surface area contributed by atoms with Gasteiger partial charge in [0.2, 0.25) is 11.7 Å². The number of rotatable bonds is 12. The van der Waals surface area contributed by atoms with Crippen molar-refractivity contribution >= 4 is 23.2 Å². The molecule has 1 N–H and O–H groups in total. The van der Waals surface area contributed by atoms with Gasteiger partial charge in [0.25, 0.3) is 11.6 Å². The maximum Gasteiger partial charge on any atom is 0.282 e. The first kappa shape index (κ1) is 33.1. The Bertz CT molecular complexity index is 1490. The lowest BCUT2D eigenvalue weighted by Crippen LogP contribution is -2.47. The number of carbonyl (C=O) groups excluding carboxylic acids is 2. The second-order valence-electron chi connectivity index (χ2n) is 11.3. The van der Waals surface area contributed by atoms with Gasteiger partial charge in [-0.1, -0.05) is 45.2 Å². The van der Waals surface area contributed by atoms with Crippen LogP contribution in [-0.2, 0) is 4.79 Å². The lowest BCUT2D eigenvalue weighted by Gasteiger charge is -2.34. The zero-order valence-corrected chi connectivity index (χ0v) is 26.6. The molecular formula is C34H41N3O8. The molecule has 1 atom stereocenters. The van der Waals surface area contributed by atoms with Gasteiger partial charge in [0.15, 0.2) is 11.5 Å². The van der Waals surface area contributed by atoms with Crippen LogP contribution in [0.25, 0.3) is 0 Å². The van der Waals surface area contributed by atoms with Crippen LogP contribution in [0.1, 0.15) is 79.4 Å². The molecule has 45 heavy (non-hydrogen) atoms.